The topological polar surface area (TPSA) is 44.1 Å². The molecule has 0 bridgehead atoms. The minimum atomic E-state index is -0.105. The van der Waals surface area contributed by atoms with E-state index in [-0.39, 0.29) is 5.56 Å². The van der Waals surface area contributed by atoms with Crippen LogP contribution in [0.4, 0.5) is 0 Å². The monoisotopic (exact) mass is 396 g/mol. The number of aromatic nitrogens is 2. The van der Waals surface area contributed by atoms with Gasteiger partial charge in [0.2, 0.25) is 5.88 Å². The van der Waals surface area contributed by atoms with Gasteiger partial charge in [-0.25, -0.2) is 0 Å². The van der Waals surface area contributed by atoms with E-state index in [0.717, 1.165) is 11.3 Å². The summed E-state index contributed by atoms with van der Waals surface area (Å²) in [5.74, 6) is 0.999. The molecule has 0 atom stereocenters. The first-order valence-electron chi connectivity index (χ1n) is 10.5. The minimum Gasteiger partial charge on any atom is -0.472 e. The van der Waals surface area contributed by atoms with Crippen molar-refractivity contribution in [2.24, 2.45) is 0 Å². The Balaban J connectivity index is 0.00000120. The molecule has 0 aliphatic rings. The van der Waals surface area contributed by atoms with Crippen LogP contribution in [0.3, 0.4) is 0 Å². The first-order chi connectivity index (χ1) is 14.2. The minimum absolute atomic E-state index is 0.105. The molecule has 3 rings (SSSR count). The molecule has 158 valence electrons. The SMILES string of the molecule is CC.CC.CC.Cc1c(OCc2ccccc2)nc(C)n(-c2ccccc2)c1=O. The molecule has 0 fully saturated rings. The van der Waals surface area contributed by atoms with Crippen molar-refractivity contribution < 1.29 is 4.74 Å². The van der Waals surface area contributed by atoms with Crippen LogP contribution in [0.15, 0.2) is 65.5 Å². The Morgan fingerprint density at radius 2 is 1.28 bits per heavy atom. The van der Waals surface area contributed by atoms with Crippen molar-refractivity contribution in [3.05, 3.63) is 88.0 Å². The van der Waals surface area contributed by atoms with Crippen LogP contribution in [0.5, 0.6) is 5.88 Å². The maximum absolute atomic E-state index is 12.7. The van der Waals surface area contributed by atoms with Crippen LogP contribution in [0.2, 0.25) is 0 Å². The van der Waals surface area contributed by atoms with Gasteiger partial charge in [-0.3, -0.25) is 9.36 Å². The molecule has 0 amide bonds. The second-order valence-corrected chi connectivity index (χ2v) is 5.34. The molecule has 29 heavy (non-hydrogen) atoms. The summed E-state index contributed by atoms with van der Waals surface area (Å²) < 4.78 is 7.35. The standard InChI is InChI=1S/C19H18N2O2.3C2H6/c1-14-18(23-13-16-9-5-3-6-10-16)20-15(2)21(19(14)22)17-11-7-4-8-12-17;3*1-2/h3-12H,13H2,1-2H3;3*1-2H3. The van der Waals surface area contributed by atoms with Crippen LogP contribution >= 0.6 is 0 Å². The summed E-state index contributed by atoms with van der Waals surface area (Å²) in [6, 6.07) is 19.3. The largest absolute Gasteiger partial charge is 0.472 e. The first kappa shape index (κ1) is 26.1. The number of hydrogen-bond donors (Lipinski definition) is 0. The Morgan fingerprint density at radius 1 is 0.793 bits per heavy atom. The summed E-state index contributed by atoms with van der Waals surface area (Å²) in [5, 5.41) is 0. The van der Waals surface area contributed by atoms with Crippen LogP contribution in [0.25, 0.3) is 5.69 Å². The normalized spacial score (nSPS) is 8.97. The van der Waals surface area contributed by atoms with Crippen molar-refractivity contribution in [1.29, 1.82) is 0 Å². The lowest BCUT2D eigenvalue weighted by Crippen LogP contribution is -2.25. The molecule has 0 saturated carbocycles. The zero-order valence-corrected chi connectivity index (χ0v) is 19.2. The number of rotatable bonds is 4. The molecule has 2 aromatic carbocycles. The lowest BCUT2D eigenvalue weighted by Gasteiger charge is -2.14. The highest BCUT2D eigenvalue weighted by atomic mass is 16.5. The number of aryl methyl sites for hydroxylation is 1. The second kappa shape index (κ2) is 15.1. The molecular weight excluding hydrogens is 360 g/mol. The zero-order chi connectivity index (χ0) is 22.2. The van der Waals surface area contributed by atoms with Crippen molar-refractivity contribution in [3.63, 3.8) is 0 Å². The van der Waals surface area contributed by atoms with E-state index >= 15 is 0 Å². The summed E-state index contributed by atoms with van der Waals surface area (Å²) in [6.45, 7) is 15.9. The maximum Gasteiger partial charge on any atom is 0.264 e. The van der Waals surface area contributed by atoms with Crippen LogP contribution < -0.4 is 10.3 Å². The van der Waals surface area contributed by atoms with Crippen LogP contribution in [-0.4, -0.2) is 9.55 Å². The number of para-hydroxylation sites is 1. The summed E-state index contributed by atoms with van der Waals surface area (Å²) in [6.07, 6.45) is 0. The quantitative estimate of drug-likeness (QED) is 0.505. The third kappa shape index (κ3) is 7.57. The van der Waals surface area contributed by atoms with Crippen molar-refractivity contribution in [3.8, 4) is 11.6 Å². The summed E-state index contributed by atoms with van der Waals surface area (Å²) in [4.78, 5) is 17.1. The van der Waals surface area contributed by atoms with Gasteiger partial charge < -0.3 is 4.74 Å². The third-order valence-corrected chi connectivity index (χ3v) is 3.66. The van der Waals surface area contributed by atoms with Gasteiger partial charge >= 0.3 is 0 Å². The number of benzene rings is 2. The highest BCUT2D eigenvalue weighted by Crippen LogP contribution is 2.16. The van der Waals surface area contributed by atoms with E-state index in [1.54, 1.807) is 11.5 Å². The van der Waals surface area contributed by atoms with Gasteiger partial charge in [0, 0.05) is 0 Å². The van der Waals surface area contributed by atoms with E-state index in [1.807, 2.05) is 109 Å². The van der Waals surface area contributed by atoms with Gasteiger partial charge in [0.05, 0.1) is 11.3 Å². The van der Waals surface area contributed by atoms with E-state index in [2.05, 4.69) is 4.98 Å². The molecule has 0 unspecified atom stereocenters. The predicted octanol–water partition coefficient (Wildman–Crippen LogP) is 6.51. The molecule has 1 heterocycles. The Hall–Kier alpha value is -2.88. The molecular formula is C25H36N2O2. The summed E-state index contributed by atoms with van der Waals surface area (Å²) in [7, 11) is 0. The van der Waals surface area contributed by atoms with Gasteiger partial charge in [-0.2, -0.15) is 4.98 Å². The first-order valence-corrected chi connectivity index (χ1v) is 10.5. The van der Waals surface area contributed by atoms with Gasteiger partial charge in [0.25, 0.3) is 5.56 Å². The molecule has 4 heteroatoms. The van der Waals surface area contributed by atoms with Crippen molar-refractivity contribution in [2.75, 3.05) is 0 Å². The Bertz CT molecular complexity index is 857. The van der Waals surface area contributed by atoms with E-state index in [9.17, 15) is 4.79 Å². The van der Waals surface area contributed by atoms with E-state index in [4.69, 9.17) is 4.74 Å². The fraction of sp³-hybridized carbons (Fsp3) is 0.360. The summed E-state index contributed by atoms with van der Waals surface area (Å²) in [5.41, 5.74) is 2.25. The van der Waals surface area contributed by atoms with Gasteiger partial charge in [0.15, 0.2) is 0 Å². The fourth-order valence-electron chi connectivity index (χ4n) is 2.43. The number of nitrogens with zero attached hydrogens (tertiary/aromatic N) is 2. The molecule has 0 N–H and O–H groups in total. The third-order valence-electron chi connectivity index (χ3n) is 3.66. The molecule has 3 aromatic rings. The van der Waals surface area contributed by atoms with Crippen molar-refractivity contribution in [1.82, 2.24) is 9.55 Å². The highest BCUT2D eigenvalue weighted by molar-refractivity contribution is 5.36. The highest BCUT2D eigenvalue weighted by Gasteiger charge is 2.13. The number of hydrogen-bond acceptors (Lipinski definition) is 3. The maximum atomic E-state index is 12.7. The lowest BCUT2D eigenvalue weighted by atomic mass is 10.2. The van der Waals surface area contributed by atoms with E-state index < -0.39 is 0 Å². The van der Waals surface area contributed by atoms with E-state index in [0.29, 0.717) is 23.9 Å². The molecule has 0 radical (unpaired) electrons. The summed E-state index contributed by atoms with van der Waals surface area (Å²) >= 11 is 0. The molecule has 0 aliphatic carbocycles. The van der Waals surface area contributed by atoms with E-state index in [1.165, 1.54) is 0 Å². The average Bonchev–Trinajstić information content (AvgIpc) is 2.81. The van der Waals surface area contributed by atoms with Gasteiger partial charge in [-0.05, 0) is 31.5 Å². The van der Waals surface area contributed by atoms with Crippen molar-refractivity contribution in [2.45, 2.75) is 62.0 Å². The Kier molecular flexibility index (Phi) is 13.6. The average molecular weight is 397 g/mol. The van der Waals surface area contributed by atoms with Crippen LogP contribution in [-0.2, 0) is 6.61 Å². The van der Waals surface area contributed by atoms with Crippen LogP contribution in [0, 0.1) is 13.8 Å². The lowest BCUT2D eigenvalue weighted by molar-refractivity contribution is 0.289. The van der Waals surface area contributed by atoms with Gasteiger partial charge in [-0.15, -0.1) is 0 Å². The second-order valence-electron chi connectivity index (χ2n) is 5.34. The smallest absolute Gasteiger partial charge is 0.264 e. The molecule has 1 aromatic heterocycles. The van der Waals surface area contributed by atoms with Gasteiger partial charge in [0.1, 0.15) is 12.4 Å². The molecule has 0 aliphatic heterocycles. The fourth-order valence-corrected chi connectivity index (χ4v) is 2.43. The molecule has 0 spiro atoms. The predicted molar refractivity (Wildman–Crippen MR) is 124 cm³/mol. The van der Waals surface area contributed by atoms with Crippen molar-refractivity contribution >= 4 is 0 Å². The number of ether oxygens (including phenoxy) is 1. The Morgan fingerprint density at radius 3 is 1.79 bits per heavy atom. The molecule has 0 saturated heterocycles. The zero-order valence-electron chi connectivity index (χ0n) is 19.2. The van der Waals surface area contributed by atoms with Crippen LogP contribution in [0.1, 0.15) is 58.5 Å². The molecule has 4 nitrogen and oxygen atoms in total. The Labute approximate surface area is 176 Å². The van der Waals surface area contributed by atoms with Gasteiger partial charge in [-0.1, -0.05) is 90.1 Å².